The molecular weight excluding hydrogens is 316 g/mol. The largest absolute Gasteiger partial charge is 0.301 e. The van der Waals surface area contributed by atoms with Gasteiger partial charge in [-0.05, 0) is 30.3 Å². The van der Waals surface area contributed by atoms with Crippen LogP contribution in [-0.2, 0) is 9.59 Å². The Balaban J connectivity index is 1.72. The fourth-order valence-corrected chi connectivity index (χ4v) is 2.28. The summed E-state index contributed by atoms with van der Waals surface area (Å²) in [7, 11) is 0. The number of amides is 2. The van der Waals surface area contributed by atoms with E-state index in [1.807, 2.05) is 6.07 Å². The Labute approximate surface area is 138 Å². The predicted octanol–water partition coefficient (Wildman–Crippen LogP) is 1.94. The minimum Gasteiger partial charge on any atom is -0.301 e. The van der Waals surface area contributed by atoms with Crippen molar-refractivity contribution in [2.75, 3.05) is 18.0 Å². The molecule has 0 saturated carbocycles. The van der Waals surface area contributed by atoms with Gasteiger partial charge < -0.3 is 4.90 Å². The van der Waals surface area contributed by atoms with Crippen LogP contribution >= 0.6 is 11.6 Å². The highest BCUT2D eigenvalue weighted by molar-refractivity contribution is 6.30. The zero-order valence-electron chi connectivity index (χ0n) is 12.1. The molecule has 0 N–H and O–H groups in total. The molecule has 0 spiro atoms. The molecule has 0 unspecified atom stereocenters. The molecule has 1 aromatic heterocycles. The number of hydrogen-bond acceptors (Lipinski definition) is 4. The van der Waals surface area contributed by atoms with Gasteiger partial charge in [-0.1, -0.05) is 17.7 Å². The number of hydrogen-bond donors (Lipinski definition) is 0. The third-order valence-electron chi connectivity index (χ3n) is 3.34. The number of piperazine rings is 1. The first-order valence-corrected chi connectivity index (χ1v) is 7.31. The first-order valence-electron chi connectivity index (χ1n) is 6.94. The van der Waals surface area contributed by atoms with Crippen LogP contribution in [0.25, 0.3) is 0 Å². The van der Waals surface area contributed by atoms with Gasteiger partial charge in [-0.2, -0.15) is 5.10 Å². The zero-order chi connectivity index (χ0) is 16.2. The number of aromatic nitrogens is 1. The van der Waals surface area contributed by atoms with Gasteiger partial charge in [0.1, 0.15) is 13.1 Å². The summed E-state index contributed by atoms with van der Waals surface area (Å²) in [5.41, 5.74) is 1.40. The molecule has 2 aromatic rings. The van der Waals surface area contributed by atoms with Gasteiger partial charge in [-0.15, -0.1) is 0 Å². The molecule has 6 nitrogen and oxygen atoms in total. The standard InChI is InChI=1S/C16H13ClN4O2/c17-13-3-5-14(6-4-13)20-10-16(23)21(11-15(20)22)19-9-12-2-1-7-18-8-12/h1-9H,10-11H2. The van der Waals surface area contributed by atoms with Gasteiger partial charge >= 0.3 is 0 Å². The molecular formula is C16H13ClN4O2. The number of hydrazone groups is 1. The molecule has 3 rings (SSSR count). The number of pyridine rings is 1. The van der Waals surface area contributed by atoms with Crippen molar-refractivity contribution < 1.29 is 9.59 Å². The van der Waals surface area contributed by atoms with Crippen LogP contribution in [0.4, 0.5) is 5.69 Å². The molecule has 1 fully saturated rings. The Morgan fingerprint density at radius 2 is 1.87 bits per heavy atom. The van der Waals surface area contributed by atoms with Crippen molar-refractivity contribution in [2.24, 2.45) is 5.10 Å². The number of benzene rings is 1. The Morgan fingerprint density at radius 1 is 1.09 bits per heavy atom. The molecule has 0 bridgehead atoms. The fourth-order valence-electron chi connectivity index (χ4n) is 2.16. The van der Waals surface area contributed by atoms with E-state index in [1.165, 1.54) is 16.1 Å². The van der Waals surface area contributed by atoms with Crippen LogP contribution < -0.4 is 4.90 Å². The number of halogens is 1. The minimum atomic E-state index is -0.250. The summed E-state index contributed by atoms with van der Waals surface area (Å²) < 4.78 is 0. The van der Waals surface area contributed by atoms with Gasteiger partial charge in [0.05, 0.1) is 6.21 Å². The van der Waals surface area contributed by atoms with Gasteiger partial charge in [-0.25, -0.2) is 5.01 Å². The summed E-state index contributed by atoms with van der Waals surface area (Å²) in [6, 6.07) is 10.4. The first-order chi connectivity index (χ1) is 11.1. The third kappa shape index (κ3) is 3.54. The number of carbonyl (C=O) groups excluding carboxylic acids is 2. The number of carbonyl (C=O) groups is 2. The van der Waals surface area contributed by atoms with Gasteiger partial charge in [0, 0.05) is 28.7 Å². The lowest BCUT2D eigenvalue weighted by molar-refractivity contribution is -0.138. The van der Waals surface area contributed by atoms with E-state index in [1.54, 1.807) is 42.7 Å². The number of rotatable bonds is 3. The molecule has 1 aliphatic heterocycles. The maximum Gasteiger partial charge on any atom is 0.263 e. The quantitative estimate of drug-likeness (QED) is 0.809. The molecule has 0 radical (unpaired) electrons. The Morgan fingerprint density at radius 3 is 2.57 bits per heavy atom. The van der Waals surface area contributed by atoms with Crippen molar-refractivity contribution in [3.05, 3.63) is 59.4 Å². The molecule has 23 heavy (non-hydrogen) atoms. The van der Waals surface area contributed by atoms with Crippen LogP contribution in [0.15, 0.2) is 53.9 Å². The highest BCUT2D eigenvalue weighted by Crippen LogP contribution is 2.20. The average molecular weight is 329 g/mol. The Bertz CT molecular complexity index is 746. The highest BCUT2D eigenvalue weighted by atomic mass is 35.5. The fraction of sp³-hybridized carbons (Fsp3) is 0.125. The molecule has 0 aliphatic carbocycles. The highest BCUT2D eigenvalue weighted by Gasteiger charge is 2.30. The van der Waals surface area contributed by atoms with E-state index in [4.69, 9.17) is 11.6 Å². The lowest BCUT2D eigenvalue weighted by Gasteiger charge is -2.31. The van der Waals surface area contributed by atoms with E-state index >= 15 is 0 Å². The summed E-state index contributed by atoms with van der Waals surface area (Å²) in [4.78, 5) is 29.8. The molecule has 1 aliphatic rings. The smallest absolute Gasteiger partial charge is 0.263 e. The number of anilines is 1. The Hall–Kier alpha value is -2.73. The second kappa shape index (κ2) is 6.58. The summed E-state index contributed by atoms with van der Waals surface area (Å²) in [5, 5.41) is 5.82. The maximum absolute atomic E-state index is 12.3. The van der Waals surface area contributed by atoms with E-state index in [9.17, 15) is 9.59 Å². The predicted molar refractivity (Wildman–Crippen MR) is 87.3 cm³/mol. The summed E-state index contributed by atoms with van der Waals surface area (Å²) >= 11 is 5.84. The van der Waals surface area contributed by atoms with Crippen LogP contribution in [0.2, 0.25) is 5.02 Å². The molecule has 116 valence electrons. The molecule has 0 atom stereocenters. The zero-order valence-corrected chi connectivity index (χ0v) is 12.8. The average Bonchev–Trinajstić information content (AvgIpc) is 2.57. The van der Waals surface area contributed by atoms with Crippen molar-refractivity contribution in [3.63, 3.8) is 0 Å². The lowest BCUT2D eigenvalue weighted by atomic mass is 10.2. The molecule has 2 amide bonds. The van der Waals surface area contributed by atoms with Crippen molar-refractivity contribution >= 4 is 35.3 Å². The van der Waals surface area contributed by atoms with E-state index in [-0.39, 0.29) is 24.9 Å². The molecule has 2 heterocycles. The van der Waals surface area contributed by atoms with Crippen molar-refractivity contribution in [2.45, 2.75) is 0 Å². The van der Waals surface area contributed by atoms with Gasteiger partial charge in [0.15, 0.2) is 0 Å². The lowest BCUT2D eigenvalue weighted by Crippen LogP contribution is -2.52. The van der Waals surface area contributed by atoms with Crippen LogP contribution in [0.3, 0.4) is 0 Å². The monoisotopic (exact) mass is 328 g/mol. The van der Waals surface area contributed by atoms with Crippen LogP contribution in [-0.4, -0.2) is 41.1 Å². The van der Waals surface area contributed by atoms with Crippen LogP contribution in [0, 0.1) is 0 Å². The van der Waals surface area contributed by atoms with E-state index in [0.29, 0.717) is 10.7 Å². The molecule has 1 saturated heterocycles. The summed E-state index contributed by atoms with van der Waals surface area (Å²) in [5.74, 6) is -0.449. The number of nitrogens with zero attached hydrogens (tertiary/aromatic N) is 4. The van der Waals surface area contributed by atoms with E-state index in [0.717, 1.165) is 5.56 Å². The van der Waals surface area contributed by atoms with Crippen molar-refractivity contribution in [3.8, 4) is 0 Å². The normalized spacial score (nSPS) is 15.5. The Kier molecular flexibility index (Phi) is 4.34. The molecule has 7 heteroatoms. The summed E-state index contributed by atoms with van der Waals surface area (Å²) in [6.07, 6.45) is 4.78. The minimum absolute atomic E-state index is 0.0507. The molecule has 1 aromatic carbocycles. The second-order valence-corrected chi connectivity index (χ2v) is 5.38. The SMILES string of the molecule is O=C1CN(c2ccc(Cl)cc2)C(=O)CN1N=Cc1cccnc1. The van der Waals surface area contributed by atoms with Gasteiger partial charge in [0.2, 0.25) is 5.91 Å². The topological polar surface area (TPSA) is 65.9 Å². The van der Waals surface area contributed by atoms with E-state index < -0.39 is 0 Å². The van der Waals surface area contributed by atoms with Crippen molar-refractivity contribution in [1.82, 2.24) is 9.99 Å². The second-order valence-electron chi connectivity index (χ2n) is 4.94. The van der Waals surface area contributed by atoms with Crippen molar-refractivity contribution in [1.29, 1.82) is 0 Å². The van der Waals surface area contributed by atoms with Crippen LogP contribution in [0.1, 0.15) is 5.56 Å². The maximum atomic E-state index is 12.3. The summed E-state index contributed by atoms with van der Waals surface area (Å²) in [6.45, 7) is -0.150. The first kappa shape index (κ1) is 15.2. The third-order valence-corrected chi connectivity index (χ3v) is 3.59. The van der Waals surface area contributed by atoms with E-state index in [2.05, 4.69) is 10.1 Å². The van der Waals surface area contributed by atoms with Crippen LogP contribution in [0.5, 0.6) is 0 Å². The van der Waals surface area contributed by atoms with Gasteiger partial charge in [-0.3, -0.25) is 14.6 Å². The van der Waals surface area contributed by atoms with Gasteiger partial charge in [0.25, 0.3) is 5.91 Å².